The fraction of sp³-hybridized carbons (Fsp3) is 0.424. The minimum Gasteiger partial charge on any atom is -0.394 e. The lowest BCUT2D eigenvalue weighted by atomic mass is 9.78. The van der Waals surface area contributed by atoms with Gasteiger partial charge in [0.05, 0.1) is 5.41 Å². The first-order valence-electron chi connectivity index (χ1n) is 14.8. The van der Waals surface area contributed by atoms with Gasteiger partial charge in [-0.1, -0.05) is 69.2 Å². The molecule has 4 N–H and O–H groups in total. The SMILES string of the molecule is CCCCCC1(CC)N=C(c2ccccc2)C(=O)N1CC(=O)NC/C=C1/C[C@@](C(N)=O)(c2cccnc2)C/C1=C/NC. The third-order valence-electron chi connectivity index (χ3n) is 8.41. The Balaban J connectivity index is 1.50. The average Bonchev–Trinajstić information content (AvgIpc) is 3.51. The fourth-order valence-electron chi connectivity index (χ4n) is 6.05. The number of allylic oxidation sites excluding steroid dienone is 2. The van der Waals surface area contributed by atoms with Gasteiger partial charge in [-0.25, -0.2) is 0 Å². The summed E-state index contributed by atoms with van der Waals surface area (Å²) in [5, 5.41) is 6.02. The van der Waals surface area contributed by atoms with Crippen LogP contribution in [0.25, 0.3) is 0 Å². The summed E-state index contributed by atoms with van der Waals surface area (Å²) in [4.78, 5) is 50.5. The molecule has 1 aromatic carbocycles. The second-order valence-corrected chi connectivity index (χ2v) is 11.0. The molecule has 1 fully saturated rings. The number of carbonyl (C=O) groups excluding carboxylic acids is 3. The fourth-order valence-corrected chi connectivity index (χ4v) is 6.05. The first kappa shape index (κ1) is 30.7. The highest BCUT2D eigenvalue weighted by molar-refractivity contribution is 6.47. The van der Waals surface area contributed by atoms with Crippen molar-refractivity contribution in [2.24, 2.45) is 10.7 Å². The number of aliphatic imine (C=N–C) groups is 1. The van der Waals surface area contributed by atoms with E-state index in [-0.39, 0.29) is 24.9 Å². The number of unbranched alkanes of at least 4 members (excludes halogenated alkanes) is 2. The van der Waals surface area contributed by atoms with Gasteiger partial charge in [0, 0.05) is 31.5 Å². The first-order valence-corrected chi connectivity index (χ1v) is 14.8. The molecule has 0 bridgehead atoms. The molecular weight excluding hydrogens is 528 g/mol. The number of hydrogen-bond donors (Lipinski definition) is 3. The molecule has 1 aliphatic carbocycles. The minimum absolute atomic E-state index is 0.0814. The lowest BCUT2D eigenvalue weighted by Gasteiger charge is -2.35. The maximum Gasteiger partial charge on any atom is 0.275 e. The van der Waals surface area contributed by atoms with Crippen LogP contribution in [0.3, 0.4) is 0 Å². The van der Waals surface area contributed by atoms with Gasteiger partial charge in [-0.15, -0.1) is 0 Å². The molecule has 1 saturated carbocycles. The Bertz CT molecular complexity index is 1370. The Morgan fingerprint density at radius 1 is 1.07 bits per heavy atom. The van der Waals surface area contributed by atoms with Crippen LogP contribution >= 0.6 is 0 Å². The van der Waals surface area contributed by atoms with Gasteiger partial charge in [-0.3, -0.25) is 24.4 Å². The molecule has 0 radical (unpaired) electrons. The minimum atomic E-state index is -0.904. The van der Waals surface area contributed by atoms with Crippen LogP contribution in [0.5, 0.6) is 0 Å². The quantitative estimate of drug-likeness (QED) is 0.316. The zero-order valence-electron chi connectivity index (χ0n) is 24.9. The van der Waals surface area contributed by atoms with Crippen molar-refractivity contribution >= 4 is 23.4 Å². The van der Waals surface area contributed by atoms with Gasteiger partial charge in [0.25, 0.3) is 5.91 Å². The van der Waals surface area contributed by atoms with E-state index in [1.165, 1.54) is 0 Å². The van der Waals surface area contributed by atoms with E-state index in [4.69, 9.17) is 10.7 Å². The van der Waals surface area contributed by atoms with Gasteiger partial charge in [0.2, 0.25) is 11.8 Å². The van der Waals surface area contributed by atoms with Crippen molar-refractivity contribution in [2.45, 2.75) is 69.9 Å². The molecule has 0 saturated heterocycles. The smallest absolute Gasteiger partial charge is 0.275 e. The number of nitrogens with one attached hydrogen (secondary N) is 2. The summed E-state index contributed by atoms with van der Waals surface area (Å²) >= 11 is 0. The Morgan fingerprint density at radius 3 is 2.48 bits per heavy atom. The molecule has 4 rings (SSSR count). The highest BCUT2D eigenvalue weighted by Crippen LogP contribution is 2.46. The number of nitrogens with two attached hydrogens (primary N) is 1. The number of amides is 3. The summed E-state index contributed by atoms with van der Waals surface area (Å²) in [6, 6.07) is 13.1. The number of nitrogens with zero attached hydrogens (tertiary/aromatic N) is 3. The van der Waals surface area contributed by atoms with Crippen molar-refractivity contribution in [3.63, 3.8) is 0 Å². The van der Waals surface area contributed by atoms with Crippen molar-refractivity contribution in [2.75, 3.05) is 20.1 Å². The molecule has 9 heteroatoms. The molecule has 3 amide bonds. The number of pyridine rings is 1. The van der Waals surface area contributed by atoms with E-state index in [0.29, 0.717) is 31.4 Å². The summed E-state index contributed by atoms with van der Waals surface area (Å²) in [5.41, 5.74) is 8.12. The molecule has 1 aromatic heterocycles. The van der Waals surface area contributed by atoms with Crippen molar-refractivity contribution in [3.05, 3.63) is 89.4 Å². The Labute approximate surface area is 248 Å². The molecule has 2 atom stereocenters. The molecule has 0 spiro atoms. The van der Waals surface area contributed by atoms with Crippen LogP contribution in [0.1, 0.15) is 69.9 Å². The Hall–Kier alpha value is -4.27. The lowest BCUT2D eigenvalue weighted by molar-refractivity contribution is -0.135. The summed E-state index contributed by atoms with van der Waals surface area (Å²) in [7, 11) is 1.81. The number of hydrogen-bond acceptors (Lipinski definition) is 6. The van der Waals surface area contributed by atoms with Crippen molar-refractivity contribution in [1.29, 1.82) is 0 Å². The standard InChI is InChI=1S/C33H42N6O3/c1-4-6-10-16-33(5-2)38-29(24-12-8-7-9-13-24)30(41)39(33)23-28(40)37-18-15-25-19-32(31(34)42,20-26(25)21-35-3)27-14-11-17-36-22-27/h7-9,11-15,17,21-22,35H,4-6,10,16,18-20,23H2,1-3H3,(H2,34,42)(H,37,40)/b25-15-,26-21-/t32-,33?/m0/s1. The summed E-state index contributed by atoms with van der Waals surface area (Å²) in [6.07, 6.45) is 12.3. The molecule has 222 valence electrons. The maximum absolute atomic E-state index is 13.7. The Kier molecular flexibility index (Phi) is 9.93. The van der Waals surface area contributed by atoms with Crippen LogP contribution < -0.4 is 16.4 Å². The van der Waals surface area contributed by atoms with E-state index in [9.17, 15) is 14.4 Å². The van der Waals surface area contributed by atoms with Gasteiger partial charge in [-0.05, 0) is 61.1 Å². The van der Waals surface area contributed by atoms with Crippen LogP contribution in [-0.2, 0) is 19.8 Å². The summed E-state index contributed by atoms with van der Waals surface area (Å²) < 4.78 is 0. The van der Waals surface area contributed by atoms with E-state index in [1.807, 2.05) is 55.6 Å². The zero-order chi connectivity index (χ0) is 30.2. The molecule has 1 unspecified atom stereocenters. The average molecular weight is 571 g/mol. The van der Waals surface area contributed by atoms with E-state index in [0.717, 1.165) is 41.5 Å². The van der Waals surface area contributed by atoms with Gasteiger partial charge >= 0.3 is 0 Å². The van der Waals surface area contributed by atoms with Gasteiger partial charge in [0.1, 0.15) is 17.9 Å². The highest BCUT2D eigenvalue weighted by atomic mass is 16.2. The van der Waals surface area contributed by atoms with Gasteiger partial charge < -0.3 is 21.3 Å². The van der Waals surface area contributed by atoms with Crippen molar-refractivity contribution in [3.8, 4) is 0 Å². The molecule has 2 heterocycles. The van der Waals surface area contributed by atoms with E-state index >= 15 is 0 Å². The third kappa shape index (κ3) is 6.30. The molecule has 1 aliphatic heterocycles. The van der Waals surface area contributed by atoms with Crippen LogP contribution in [0.2, 0.25) is 0 Å². The monoisotopic (exact) mass is 570 g/mol. The number of rotatable bonds is 13. The van der Waals surface area contributed by atoms with E-state index in [2.05, 4.69) is 22.5 Å². The summed E-state index contributed by atoms with van der Waals surface area (Å²) in [6.45, 7) is 4.33. The number of primary amides is 1. The number of benzene rings is 1. The van der Waals surface area contributed by atoms with E-state index < -0.39 is 17.0 Å². The van der Waals surface area contributed by atoms with Crippen LogP contribution in [0.4, 0.5) is 0 Å². The second kappa shape index (κ2) is 13.6. The second-order valence-electron chi connectivity index (χ2n) is 11.0. The highest BCUT2D eigenvalue weighted by Gasteiger charge is 2.47. The predicted octanol–water partition coefficient (Wildman–Crippen LogP) is 3.76. The maximum atomic E-state index is 13.7. The molecule has 9 nitrogen and oxygen atoms in total. The van der Waals surface area contributed by atoms with Crippen molar-refractivity contribution in [1.82, 2.24) is 20.5 Å². The molecule has 2 aromatic rings. The van der Waals surface area contributed by atoms with Crippen LogP contribution in [0.15, 0.2) is 83.3 Å². The molecule has 2 aliphatic rings. The number of aromatic nitrogens is 1. The van der Waals surface area contributed by atoms with E-state index in [1.54, 1.807) is 30.4 Å². The number of carbonyl (C=O) groups is 3. The zero-order valence-corrected chi connectivity index (χ0v) is 24.9. The first-order chi connectivity index (χ1) is 20.3. The third-order valence-corrected chi connectivity index (χ3v) is 8.41. The Morgan fingerprint density at radius 2 is 1.83 bits per heavy atom. The normalized spacial score (nSPS) is 23.8. The van der Waals surface area contributed by atoms with Crippen LogP contribution in [0, 0.1) is 0 Å². The van der Waals surface area contributed by atoms with Gasteiger partial charge in [0.15, 0.2) is 0 Å². The predicted molar refractivity (Wildman–Crippen MR) is 164 cm³/mol. The molecule has 42 heavy (non-hydrogen) atoms. The van der Waals surface area contributed by atoms with Crippen molar-refractivity contribution < 1.29 is 14.4 Å². The lowest BCUT2D eigenvalue weighted by Crippen LogP contribution is -2.51. The largest absolute Gasteiger partial charge is 0.394 e. The summed E-state index contributed by atoms with van der Waals surface area (Å²) in [5.74, 6) is -0.889. The van der Waals surface area contributed by atoms with Gasteiger partial charge in [-0.2, -0.15) is 0 Å². The topological polar surface area (TPSA) is 130 Å². The van der Waals surface area contributed by atoms with Crippen LogP contribution in [-0.4, -0.2) is 59.1 Å². The molecular formula is C33H42N6O3.